The molecule has 2 aliphatic rings. The van der Waals surface area contributed by atoms with E-state index in [1.807, 2.05) is 18.7 Å². The summed E-state index contributed by atoms with van der Waals surface area (Å²) >= 11 is 0. The van der Waals surface area contributed by atoms with Crippen molar-refractivity contribution in [2.75, 3.05) is 6.54 Å². The Morgan fingerprint density at radius 2 is 1.94 bits per heavy atom. The average molecular weight is 252 g/mol. The Kier molecular flexibility index (Phi) is 4.25. The predicted molar refractivity (Wildman–Crippen MR) is 70.0 cm³/mol. The van der Waals surface area contributed by atoms with Crippen LogP contribution in [-0.4, -0.2) is 35.3 Å². The summed E-state index contributed by atoms with van der Waals surface area (Å²) in [6.45, 7) is 4.59. The third-order valence-corrected chi connectivity index (χ3v) is 4.10. The van der Waals surface area contributed by atoms with Crippen LogP contribution in [0.3, 0.4) is 0 Å². The second-order valence-corrected chi connectivity index (χ2v) is 5.88. The smallest absolute Gasteiger partial charge is 0.225 e. The summed E-state index contributed by atoms with van der Waals surface area (Å²) < 4.78 is 0. The highest BCUT2D eigenvalue weighted by molar-refractivity contribution is 5.89. The molecule has 1 saturated heterocycles. The number of hydrogen-bond donors (Lipinski definition) is 1. The first-order valence-corrected chi connectivity index (χ1v) is 7.17. The van der Waals surface area contributed by atoms with E-state index in [4.69, 9.17) is 0 Å². The van der Waals surface area contributed by atoms with Gasteiger partial charge in [-0.2, -0.15) is 0 Å². The van der Waals surface area contributed by atoms with Gasteiger partial charge in [-0.15, -0.1) is 0 Å². The van der Waals surface area contributed by atoms with Crippen LogP contribution in [0.4, 0.5) is 0 Å². The molecule has 1 N–H and O–H groups in total. The van der Waals surface area contributed by atoms with Gasteiger partial charge < -0.3 is 10.2 Å². The molecule has 0 radical (unpaired) electrons. The van der Waals surface area contributed by atoms with E-state index >= 15 is 0 Å². The molecular weight excluding hydrogens is 228 g/mol. The molecule has 0 bridgehead atoms. The quantitative estimate of drug-likeness (QED) is 0.831. The Bertz CT molecular complexity index is 322. The Labute approximate surface area is 109 Å². The van der Waals surface area contributed by atoms with Gasteiger partial charge in [0.15, 0.2) is 0 Å². The lowest BCUT2D eigenvalue weighted by Gasteiger charge is -2.25. The molecule has 2 rings (SSSR count). The van der Waals surface area contributed by atoms with Gasteiger partial charge in [0.1, 0.15) is 0 Å². The van der Waals surface area contributed by atoms with Gasteiger partial charge >= 0.3 is 0 Å². The third-order valence-electron chi connectivity index (χ3n) is 4.10. The number of carbonyl (C=O) groups is 2. The summed E-state index contributed by atoms with van der Waals surface area (Å²) in [5.74, 6) is 0.0639. The minimum absolute atomic E-state index is 0.0819. The summed E-state index contributed by atoms with van der Waals surface area (Å²) in [4.78, 5) is 25.7. The number of carbonyl (C=O) groups excluding carboxylic acids is 2. The second-order valence-electron chi connectivity index (χ2n) is 5.88. The molecule has 4 heteroatoms. The van der Waals surface area contributed by atoms with E-state index in [1.54, 1.807) is 0 Å². The van der Waals surface area contributed by atoms with Crippen LogP contribution < -0.4 is 5.32 Å². The minimum Gasteiger partial charge on any atom is -0.353 e. The topological polar surface area (TPSA) is 49.4 Å². The molecule has 0 unspecified atom stereocenters. The number of likely N-dealkylation sites (tertiary alicyclic amines) is 1. The minimum atomic E-state index is -0.137. The number of hydrogen-bond acceptors (Lipinski definition) is 2. The molecule has 1 heterocycles. The Morgan fingerprint density at radius 1 is 1.28 bits per heavy atom. The van der Waals surface area contributed by atoms with Crippen molar-refractivity contribution in [1.29, 1.82) is 0 Å². The summed E-state index contributed by atoms with van der Waals surface area (Å²) in [5.41, 5.74) is 0. The van der Waals surface area contributed by atoms with E-state index < -0.39 is 0 Å². The summed E-state index contributed by atoms with van der Waals surface area (Å²) in [7, 11) is 0. The van der Waals surface area contributed by atoms with E-state index in [1.165, 1.54) is 19.3 Å². The highest BCUT2D eigenvalue weighted by Gasteiger charge is 2.36. The van der Waals surface area contributed by atoms with E-state index in [0.29, 0.717) is 19.0 Å². The Hall–Kier alpha value is -1.06. The van der Waals surface area contributed by atoms with Gasteiger partial charge in [0.2, 0.25) is 11.8 Å². The van der Waals surface area contributed by atoms with Crippen molar-refractivity contribution in [2.24, 2.45) is 5.92 Å². The van der Waals surface area contributed by atoms with Crippen LogP contribution in [-0.2, 0) is 9.59 Å². The van der Waals surface area contributed by atoms with Gasteiger partial charge in [0, 0.05) is 25.0 Å². The highest BCUT2D eigenvalue weighted by atomic mass is 16.2. The Balaban J connectivity index is 1.84. The van der Waals surface area contributed by atoms with Crippen molar-refractivity contribution in [3.05, 3.63) is 0 Å². The van der Waals surface area contributed by atoms with Crippen LogP contribution in [0.2, 0.25) is 0 Å². The fourth-order valence-corrected chi connectivity index (χ4v) is 2.97. The molecule has 0 spiro atoms. The number of amides is 2. The number of nitrogens with one attached hydrogen (secondary N) is 1. The maximum Gasteiger partial charge on any atom is 0.225 e. The fraction of sp³-hybridized carbons (Fsp3) is 0.857. The number of nitrogens with zero attached hydrogens (tertiary/aromatic N) is 1. The van der Waals surface area contributed by atoms with Crippen LogP contribution >= 0.6 is 0 Å². The van der Waals surface area contributed by atoms with E-state index in [0.717, 1.165) is 12.8 Å². The molecule has 18 heavy (non-hydrogen) atoms. The zero-order valence-electron chi connectivity index (χ0n) is 11.4. The van der Waals surface area contributed by atoms with Crippen molar-refractivity contribution in [3.63, 3.8) is 0 Å². The Morgan fingerprint density at radius 3 is 2.50 bits per heavy atom. The van der Waals surface area contributed by atoms with Gasteiger partial charge in [0.05, 0.1) is 5.92 Å². The van der Waals surface area contributed by atoms with Gasteiger partial charge in [-0.3, -0.25) is 9.59 Å². The van der Waals surface area contributed by atoms with Crippen molar-refractivity contribution >= 4 is 11.8 Å². The van der Waals surface area contributed by atoms with Crippen LogP contribution in [0.25, 0.3) is 0 Å². The molecule has 0 aromatic rings. The maximum atomic E-state index is 12.1. The lowest BCUT2D eigenvalue weighted by Crippen LogP contribution is -2.41. The molecule has 1 saturated carbocycles. The number of rotatable bonds is 3. The molecule has 4 nitrogen and oxygen atoms in total. The van der Waals surface area contributed by atoms with Crippen molar-refractivity contribution in [3.8, 4) is 0 Å². The van der Waals surface area contributed by atoms with Gasteiger partial charge in [-0.25, -0.2) is 0 Å². The lowest BCUT2D eigenvalue weighted by molar-refractivity contribution is -0.130. The molecular formula is C14H24N2O2. The standard InChI is InChI=1S/C14H24N2O2/c1-10(2)16-9-11(8-13(16)17)14(18)15-12-6-4-3-5-7-12/h10-12H,3-9H2,1-2H3,(H,15,18)/t11-/m1/s1. The van der Waals surface area contributed by atoms with E-state index in [9.17, 15) is 9.59 Å². The molecule has 0 aromatic heterocycles. The van der Waals surface area contributed by atoms with E-state index in [2.05, 4.69) is 5.32 Å². The maximum absolute atomic E-state index is 12.1. The lowest BCUT2D eigenvalue weighted by atomic mass is 9.95. The summed E-state index contributed by atoms with van der Waals surface area (Å²) in [5, 5.41) is 3.12. The van der Waals surface area contributed by atoms with E-state index in [-0.39, 0.29) is 23.8 Å². The van der Waals surface area contributed by atoms with Gasteiger partial charge in [0.25, 0.3) is 0 Å². The SMILES string of the molecule is CC(C)N1C[C@H](C(=O)NC2CCCCC2)CC1=O. The van der Waals surface area contributed by atoms with Gasteiger partial charge in [-0.05, 0) is 26.7 Å². The van der Waals surface area contributed by atoms with Crippen LogP contribution in [0.15, 0.2) is 0 Å². The zero-order valence-corrected chi connectivity index (χ0v) is 11.4. The van der Waals surface area contributed by atoms with Crippen molar-refractivity contribution in [2.45, 2.75) is 64.5 Å². The molecule has 2 amide bonds. The van der Waals surface area contributed by atoms with Gasteiger partial charge in [-0.1, -0.05) is 19.3 Å². The molecule has 102 valence electrons. The molecule has 1 aliphatic heterocycles. The first-order chi connectivity index (χ1) is 8.58. The summed E-state index contributed by atoms with van der Waals surface area (Å²) in [6.07, 6.45) is 6.30. The third kappa shape index (κ3) is 3.03. The normalized spacial score (nSPS) is 25.8. The second kappa shape index (κ2) is 5.72. The zero-order chi connectivity index (χ0) is 13.1. The first-order valence-electron chi connectivity index (χ1n) is 7.17. The monoisotopic (exact) mass is 252 g/mol. The van der Waals surface area contributed by atoms with Crippen LogP contribution in [0.5, 0.6) is 0 Å². The van der Waals surface area contributed by atoms with Crippen LogP contribution in [0, 0.1) is 5.92 Å². The highest BCUT2D eigenvalue weighted by Crippen LogP contribution is 2.22. The van der Waals surface area contributed by atoms with Crippen LogP contribution in [0.1, 0.15) is 52.4 Å². The summed E-state index contributed by atoms with van der Waals surface area (Å²) in [6, 6.07) is 0.541. The molecule has 1 atom stereocenters. The molecule has 1 aliphatic carbocycles. The molecule has 2 fully saturated rings. The molecule has 0 aromatic carbocycles. The fourth-order valence-electron chi connectivity index (χ4n) is 2.97. The van der Waals surface area contributed by atoms with Crippen molar-refractivity contribution < 1.29 is 9.59 Å². The predicted octanol–water partition coefficient (Wildman–Crippen LogP) is 1.69. The van der Waals surface area contributed by atoms with Crippen molar-refractivity contribution in [1.82, 2.24) is 10.2 Å². The largest absolute Gasteiger partial charge is 0.353 e. The first kappa shape index (κ1) is 13.4. The average Bonchev–Trinajstić information content (AvgIpc) is 2.73.